The van der Waals surface area contributed by atoms with E-state index >= 15 is 0 Å². The summed E-state index contributed by atoms with van der Waals surface area (Å²) in [5.41, 5.74) is 0.381. The van der Waals surface area contributed by atoms with Gasteiger partial charge in [-0.25, -0.2) is 8.42 Å². The van der Waals surface area contributed by atoms with Gasteiger partial charge in [-0.2, -0.15) is 9.57 Å². The zero-order chi connectivity index (χ0) is 20.5. The van der Waals surface area contributed by atoms with E-state index < -0.39 is 10.0 Å². The molecule has 1 aromatic heterocycles. The normalized spacial score (nSPS) is 20.5. The van der Waals surface area contributed by atoms with Gasteiger partial charge in [0.05, 0.1) is 6.07 Å². The predicted octanol–water partition coefficient (Wildman–Crippen LogP) is 1.12. The van der Waals surface area contributed by atoms with Crippen molar-refractivity contribution in [3.05, 3.63) is 18.0 Å². The lowest BCUT2D eigenvalue weighted by atomic mass is 10.0. The second-order valence-corrected chi connectivity index (χ2v) is 9.87. The summed E-state index contributed by atoms with van der Waals surface area (Å²) in [6.45, 7) is 7.48. The molecule has 1 unspecified atom stereocenters. The summed E-state index contributed by atoms with van der Waals surface area (Å²) in [6, 6.07) is 3.70. The van der Waals surface area contributed by atoms with Crippen molar-refractivity contribution in [3.63, 3.8) is 0 Å². The Morgan fingerprint density at radius 2 is 1.71 bits per heavy atom. The smallest absolute Gasteiger partial charge is 0.270 e. The first-order valence-electron chi connectivity index (χ1n) is 9.85. The molecule has 2 saturated heterocycles. The minimum atomic E-state index is -3.54. The van der Waals surface area contributed by atoms with E-state index in [-0.39, 0.29) is 22.8 Å². The van der Waals surface area contributed by atoms with E-state index in [4.69, 9.17) is 0 Å². The highest BCUT2D eigenvalue weighted by Gasteiger charge is 2.32. The van der Waals surface area contributed by atoms with Crippen molar-refractivity contribution in [2.24, 2.45) is 13.0 Å². The molecular weight excluding hydrogens is 378 g/mol. The zero-order valence-corrected chi connectivity index (χ0v) is 17.7. The van der Waals surface area contributed by atoms with Gasteiger partial charge in [0.15, 0.2) is 0 Å². The van der Waals surface area contributed by atoms with E-state index in [1.807, 2.05) is 13.8 Å². The van der Waals surface area contributed by atoms with Gasteiger partial charge in [-0.15, -0.1) is 0 Å². The van der Waals surface area contributed by atoms with Crippen molar-refractivity contribution in [1.82, 2.24) is 18.7 Å². The van der Waals surface area contributed by atoms with Gasteiger partial charge >= 0.3 is 0 Å². The first kappa shape index (κ1) is 20.8. The maximum absolute atomic E-state index is 13.0. The van der Waals surface area contributed by atoms with Crippen LogP contribution in [-0.2, 0) is 17.1 Å². The lowest BCUT2D eigenvalue weighted by molar-refractivity contribution is 0.0568. The fourth-order valence-electron chi connectivity index (χ4n) is 3.98. The van der Waals surface area contributed by atoms with Crippen LogP contribution < -0.4 is 0 Å². The van der Waals surface area contributed by atoms with Gasteiger partial charge in [-0.05, 0) is 24.8 Å². The van der Waals surface area contributed by atoms with Crippen LogP contribution in [0.4, 0.5) is 0 Å². The highest BCUT2D eigenvalue weighted by molar-refractivity contribution is 7.89. The number of carbonyl (C=O) groups is 1. The molecule has 0 N–H and O–H groups in total. The molecule has 0 radical (unpaired) electrons. The maximum Gasteiger partial charge on any atom is 0.270 e. The summed E-state index contributed by atoms with van der Waals surface area (Å²) in [5, 5.41) is 9.37. The van der Waals surface area contributed by atoms with Crippen molar-refractivity contribution in [2.75, 3.05) is 39.3 Å². The van der Waals surface area contributed by atoms with Gasteiger partial charge in [0.1, 0.15) is 16.6 Å². The number of piperazine rings is 1. The third-order valence-electron chi connectivity index (χ3n) is 5.66. The van der Waals surface area contributed by atoms with Crippen LogP contribution in [-0.4, -0.2) is 78.3 Å². The van der Waals surface area contributed by atoms with Crippen LogP contribution in [0.1, 0.15) is 37.2 Å². The largest absolute Gasteiger partial charge is 0.345 e. The lowest BCUT2D eigenvalue weighted by Gasteiger charge is -2.38. The number of nitrogens with zero attached hydrogens (tertiary/aromatic N) is 5. The standard InChI is InChI=1S/C19H29N5O3S/c1-15(2)18(13-20)22-8-10-23(11-9-22)19(25)17-12-16(14-21(17)3)28(26,27)24-6-4-5-7-24/h12,14-15,18H,4-11H2,1-3H3. The average molecular weight is 408 g/mol. The number of nitriles is 1. The monoisotopic (exact) mass is 407 g/mol. The second-order valence-electron chi connectivity index (χ2n) is 7.93. The molecule has 0 bridgehead atoms. The number of rotatable bonds is 5. The van der Waals surface area contributed by atoms with Crippen LogP contribution in [0.25, 0.3) is 0 Å². The first-order chi connectivity index (χ1) is 13.3. The van der Waals surface area contributed by atoms with Crippen LogP contribution >= 0.6 is 0 Å². The molecule has 0 spiro atoms. The molecule has 1 atom stereocenters. The maximum atomic E-state index is 13.0. The van der Waals surface area contributed by atoms with Crippen molar-refractivity contribution in [2.45, 2.75) is 37.6 Å². The Morgan fingerprint density at radius 3 is 2.25 bits per heavy atom. The molecule has 0 aliphatic carbocycles. The highest BCUT2D eigenvalue weighted by atomic mass is 32.2. The molecule has 0 aromatic carbocycles. The van der Waals surface area contributed by atoms with Crippen molar-refractivity contribution in [1.29, 1.82) is 5.26 Å². The quantitative estimate of drug-likeness (QED) is 0.730. The van der Waals surface area contributed by atoms with Gasteiger partial charge in [0.25, 0.3) is 5.91 Å². The van der Waals surface area contributed by atoms with Crippen molar-refractivity contribution in [3.8, 4) is 6.07 Å². The molecule has 1 aromatic rings. The Kier molecular flexibility index (Phi) is 6.12. The molecule has 9 heteroatoms. The van der Waals surface area contributed by atoms with Crippen LogP contribution in [0.5, 0.6) is 0 Å². The van der Waals surface area contributed by atoms with E-state index in [0.717, 1.165) is 12.8 Å². The number of sulfonamides is 1. The van der Waals surface area contributed by atoms with Crippen LogP contribution in [0.2, 0.25) is 0 Å². The van der Waals surface area contributed by atoms with Crippen LogP contribution in [0.3, 0.4) is 0 Å². The van der Waals surface area contributed by atoms with E-state index in [1.165, 1.54) is 16.6 Å². The number of hydrogen-bond donors (Lipinski definition) is 0. The summed E-state index contributed by atoms with van der Waals surface area (Å²) in [4.78, 5) is 17.0. The first-order valence-corrected chi connectivity index (χ1v) is 11.3. The SMILES string of the molecule is CC(C)C(C#N)N1CCN(C(=O)c2cc(S(=O)(=O)N3CCCC3)cn2C)CC1. The number of hydrogen-bond acceptors (Lipinski definition) is 5. The average Bonchev–Trinajstić information content (AvgIpc) is 3.32. The minimum Gasteiger partial charge on any atom is -0.345 e. The molecule has 0 saturated carbocycles. The summed E-state index contributed by atoms with van der Waals surface area (Å²) >= 11 is 0. The topological polar surface area (TPSA) is 89.6 Å². The van der Waals surface area contributed by atoms with Gasteiger partial charge in [-0.1, -0.05) is 13.8 Å². The number of aromatic nitrogens is 1. The third-order valence-corrected chi connectivity index (χ3v) is 7.52. The van der Waals surface area contributed by atoms with E-state index in [9.17, 15) is 18.5 Å². The molecule has 2 aliphatic rings. The Morgan fingerprint density at radius 1 is 1.11 bits per heavy atom. The molecule has 8 nitrogen and oxygen atoms in total. The summed E-state index contributed by atoms with van der Waals surface area (Å²) in [7, 11) is -1.83. The zero-order valence-electron chi connectivity index (χ0n) is 16.8. The second kappa shape index (κ2) is 8.23. The van der Waals surface area contributed by atoms with E-state index in [2.05, 4.69) is 11.0 Å². The molecule has 2 aliphatic heterocycles. The molecule has 3 heterocycles. The Balaban J connectivity index is 1.71. The van der Waals surface area contributed by atoms with Gasteiger partial charge in [0, 0.05) is 52.5 Å². The summed E-state index contributed by atoms with van der Waals surface area (Å²) < 4.78 is 28.6. The highest BCUT2D eigenvalue weighted by Crippen LogP contribution is 2.23. The molecule has 2 fully saturated rings. The third kappa shape index (κ3) is 3.95. The fourth-order valence-corrected chi connectivity index (χ4v) is 5.57. The van der Waals surface area contributed by atoms with Gasteiger partial charge in [0.2, 0.25) is 10.0 Å². The number of carbonyl (C=O) groups excluding carboxylic acids is 1. The molecule has 154 valence electrons. The van der Waals surface area contributed by atoms with E-state index in [1.54, 1.807) is 16.5 Å². The lowest BCUT2D eigenvalue weighted by Crippen LogP contribution is -2.53. The Labute approximate surface area is 167 Å². The van der Waals surface area contributed by atoms with Crippen molar-refractivity contribution >= 4 is 15.9 Å². The fraction of sp³-hybridized carbons (Fsp3) is 0.684. The molecular formula is C19H29N5O3S. The summed E-state index contributed by atoms with van der Waals surface area (Å²) in [6.07, 6.45) is 3.28. The number of amides is 1. The Hall–Kier alpha value is -1.89. The van der Waals surface area contributed by atoms with E-state index in [0.29, 0.717) is 45.0 Å². The van der Waals surface area contributed by atoms with Gasteiger partial charge in [-0.3, -0.25) is 9.69 Å². The predicted molar refractivity (Wildman–Crippen MR) is 105 cm³/mol. The van der Waals surface area contributed by atoms with Crippen LogP contribution in [0, 0.1) is 17.2 Å². The minimum absolute atomic E-state index is 0.149. The van der Waals surface area contributed by atoms with Gasteiger partial charge < -0.3 is 9.47 Å². The van der Waals surface area contributed by atoms with Crippen molar-refractivity contribution < 1.29 is 13.2 Å². The molecule has 1 amide bonds. The molecule has 28 heavy (non-hydrogen) atoms. The number of aryl methyl sites for hydroxylation is 1. The summed E-state index contributed by atoms with van der Waals surface area (Å²) in [5.74, 6) is 0.0709. The molecule has 3 rings (SSSR count). The van der Waals surface area contributed by atoms with Crippen LogP contribution in [0.15, 0.2) is 17.2 Å². The Bertz CT molecular complexity index is 857.